The Labute approximate surface area is 226 Å². The molecule has 0 radical (unpaired) electrons. The first-order valence-corrected chi connectivity index (χ1v) is 13.0. The summed E-state index contributed by atoms with van der Waals surface area (Å²) in [7, 11) is 0. The molecule has 0 saturated heterocycles. The van der Waals surface area contributed by atoms with E-state index < -0.39 is 0 Å². The Morgan fingerprint density at radius 3 is 2.46 bits per heavy atom. The van der Waals surface area contributed by atoms with Crippen molar-refractivity contribution in [3.63, 3.8) is 0 Å². The van der Waals surface area contributed by atoms with E-state index >= 15 is 0 Å². The molecule has 1 aliphatic heterocycles. The molecule has 6 rings (SSSR count). The molecule has 8 heteroatoms. The summed E-state index contributed by atoms with van der Waals surface area (Å²) in [5, 5.41) is 20.6. The molecule has 0 saturated carbocycles. The van der Waals surface area contributed by atoms with Gasteiger partial charge in [-0.2, -0.15) is 0 Å². The molecule has 194 valence electrons. The summed E-state index contributed by atoms with van der Waals surface area (Å²) in [5.41, 5.74) is 7.43. The van der Waals surface area contributed by atoms with Crippen LogP contribution in [0.1, 0.15) is 35.4 Å². The van der Waals surface area contributed by atoms with Gasteiger partial charge in [-0.15, -0.1) is 5.10 Å². The highest BCUT2D eigenvalue weighted by Gasteiger charge is 2.26. The zero-order chi connectivity index (χ0) is 26.6. The molecule has 1 unspecified atom stereocenters. The molecule has 4 aromatic carbocycles. The Morgan fingerprint density at radius 2 is 1.69 bits per heavy atom. The largest absolute Gasteiger partial charge is 0.491 e. The number of urea groups is 1. The van der Waals surface area contributed by atoms with Crippen LogP contribution in [0.4, 0.5) is 16.2 Å². The van der Waals surface area contributed by atoms with Crippen LogP contribution in [-0.4, -0.2) is 33.3 Å². The summed E-state index contributed by atoms with van der Waals surface area (Å²) in [4.78, 5) is 13.2. The Bertz CT molecular complexity index is 1580. The van der Waals surface area contributed by atoms with Gasteiger partial charge in [0.05, 0.1) is 12.3 Å². The molecule has 1 aliphatic rings. The van der Waals surface area contributed by atoms with Crippen molar-refractivity contribution < 1.29 is 9.53 Å². The Hall–Kier alpha value is -4.98. The molecule has 0 spiro atoms. The van der Waals surface area contributed by atoms with Gasteiger partial charge >= 0.3 is 6.03 Å². The van der Waals surface area contributed by atoms with Crippen molar-refractivity contribution in [2.24, 2.45) is 0 Å². The second-order valence-corrected chi connectivity index (χ2v) is 9.64. The third-order valence-electron chi connectivity index (χ3n) is 6.97. The first kappa shape index (κ1) is 24.4. The van der Waals surface area contributed by atoms with Crippen LogP contribution in [0.3, 0.4) is 0 Å². The quantitative estimate of drug-likeness (QED) is 0.239. The number of amides is 2. The number of aryl methyl sites for hydroxylation is 1. The number of ether oxygens (including phenoxy) is 1. The van der Waals surface area contributed by atoms with Gasteiger partial charge in [-0.25, -0.2) is 9.89 Å². The number of nitrogens with one attached hydrogen (secondary N) is 3. The van der Waals surface area contributed by atoms with Crippen LogP contribution < -0.4 is 15.4 Å². The number of fused-ring (bicyclic) bond motifs is 1. The number of aromatic amines is 1. The fourth-order valence-corrected chi connectivity index (χ4v) is 5.10. The number of H-pyrrole nitrogens is 1. The van der Waals surface area contributed by atoms with E-state index in [9.17, 15) is 4.79 Å². The van der Waals surface area contributed by atoms with Crippen LogP contribution in [0, 0.1) is 6.92 Å². The molecule has 2 amide bonds. The lowest BCUT2D eigenvalue weighted by Crippen LogP contribution is -2.20. The third kappa shape index (κ3) is 5.22. The highest BCUT2D eigenvalue weighted by atomic mass is 16.5. The number of tetrazole rings is 1. The van der Waals surface area contributed by atoms with Crippen molar-refractivity contribution in [2.75, 3.05) is 17.2 Å². The van der Waals surface area contributed by atoms with Crippen LogP contribution in [0.15, 0.2) is 91.0 Å². The monoisotopic (exact) mass is 516 g/mol. The van der Waals surface area contributed by atoms with E-state index in [0.29, 0.717) is 29.6 Å². The maximum atomic E-state index is 13.2. The normalized spacial score (nSPS) is 14.5. The summed E-state index contributed by atoms with van der Waals surface area (Å²) in [5.74, 6) is 1.38. The number of nitrogens with zero attached hydrogens (tertiary/aromatic N) is 3. The van der Waals surface area contributed by atoms with E-state index in [1.54, 1.807) is 0 Å². The third-order valence-corrected chi connectivity index (χ3v) is 6.97. The zero-order valence-electron chi connectivity index (χ0n) is 21.5. The van der Waals surface area contributed by atoms with Gasteiger partial charge in [0.15, 0.2) is 5.82 Å². The minimum absolute atomic E-state index is 0.114. The number of hydrogen-bond acceptors (Lipinski definition) is 5. The van der Waals surface area contributed by atoms with Crippen LogP contribution in [0.25, 0.3) is 22.5 Å². The molecule has 39 heavy (non-hydrogen) atoms. The summed E-state index contributed by atoms with van der Waals surface area (Å²) in [6.45, 7) is 2.59. The first-order chi connectivity index (χ1) is 19.2. The first-order valence-electron chi connectivity index (χ1n) is 13.0. The second kappa shape index (κ2) is 10.8. The fourth-order valence-electron chi connectivity index (χ4n) is 5.10. The summed E-state index contributed by atoms with van der Waals surface area (Å²) in [6, 6.07) is 29.9. The van der Waals surface area contributed by atoms with Crippen molar-refractivity contribution in [1.82, 2.24) is 20.6 Å². The topological polar surface area (TPSA) is 105 Å². The van der Waals surface area contributed by atoms with Gasteiger partial charge in [0, 0.05) is 22.7 Å². The molecule has 1 aromatic heterocycles. The average molecular weight is 517 g/mol. The predicted octanol–water partition coefficient (Wildman–Crippen LogP) is 6.79. The van der Waals surface area contributed by atoms with Crippen molar-refractivity contribution in [3.05, 3.63) is 108 Å². The molecule has 0 fully saturated rings. The van der Waals surface area contributed by atoms with E-state index in [1.165, 1.54) is 5.56 Å². The summed E-state index contributed by atoms with van der Waals surface area (Å²) in [6.07, 6.45) is 1.84. The minimum atomic E-state index is -0.338. The molecule has 5 aromatic rings. The molecule has 2 heterocycles. The number of rotatable bonds is 5. The second-order valence-electron chi connectivity index (χ2n) is 9.64. The molecule has 1 atom stereocenters. The van der Waals surface area contributed by atoms with Crippen molar-refractivity contribution >= 4 is 17.4 Å². The van der Waals surface area contributed by atoms with Gasteiger partial charge in [0.25, 0.3) is 0 Å². The van der Waals surface area contributed by atoms with Crippen LogP contribution in [-0.2, 0) is 0 Å². The SMILES string of the molecule is Cc1ccc(NC(=O)Nc2cc(-c3ccccc3-c3nnn[nH]3)cc3c2OCCCC3c2ccccc2)cc1. The minimum Gasteiger partial charge on any atom is -0.491 e. The average Bonchev–Trinajstić information content (AvgIpc) is 3.42. The van der Waals surface area contributed by atoms with Gasteiger partial charge in [-0.3, -0.25) is 0 Å². The molecular weight excluding hydrogens is 488 g/mol. The molecule has 8 nitrogen and oxygen atoms in total. The maximum absolute atomic E-state index is 13.2. The lowest BCUT2D eigenvalue weighted by atomic mass is 9.85. The van der Waals surface area contributed by atoms with Crippen LogP contribution in [0.2, 0.25) is 0 Å². The predicted molar refractivity (Wildman–Crippen MR) is 152 cm³/mol. The summed E-state index contributed by atoms with van der Waals surface area (Å²) < 4.78 is 6.31. The number of carbonyl (C=O) groups excluding carboxylic acids is 1. The number of aromatic nitrogens is 4. The fraction of sp³-hybridized carbons (Fsp3) is 0.161. The highest BCUT2D eigenvalue weighted by Crippen LogP contribution is 2.45. The van der Waals surface area contributed by atoms with Gasteiger partial charge in [0.2, 0.25) is 0 Å². The maximum Gasteiger partial charge on any atom is 0.323 e. The van der Waals surface area contributed by atoms with Gasteiger partial charge < -0.3 is 15.4 Å². The lowest BCUT2D eigenvalue weighted by Gasteiger charge is -2.22. The summed E-state index contributed by atoms with van der Waals surface area (Å²) >= 11 is 0. The van der Waals surface area contributed by atoms with E-state index in [4.69, 9.17) is 4.74 Å². The Kier molecular flexibility index (Phi) is 6.74. The van der Waals surface area contributed by atoms with E-state index in [2.05, 4.69) is 61.6 Å². The molecule has 3 N–H and O–H groups in total. The lowest BCUT2D eigenvalue weighted by molar-refractivity contribution is 0.262. The van der Waals surface area contributed by atoms with Gasteiger partial charge in [-0.05, 0) is 71.1 Å². The smallest absolute Gasteiger partial charge is 0.323 e. The van der Waals surface area contributed by atoms with Crippen LogP contribution >= 0.6 is 0 Å². The van der Waals surface area contributed by atoms with E-state index in [0.717, 1.165) is 40.7 Å². The molecule has 0 aliphatic carbocycles. The van der Waals surface area contributed by atoms with Crippen molar-refractivity contribution in [2.45, 2.75) is 25.7 Å². The molecule has 0 bridgehead atoms. The van der Waals surface area contributed by atoms with Crippen molar-refractivity contribution in [1.29, 1.82) is 0 Å². The zero-order valence-corrected chi connectivity index (χ0v) is 21.5. The highest BCUT2D eigenvalue weighted by molar-refractivity contribution is 6.01. The number of hydrogen-bond donors (Lipinski definition) is 3. The van der Waals surface area contributed by atoms with Crippen LogP contribution in [0.5, 0.6) is 5.75 Å². The number of carbonyl (C=O) groups is 1. The number of benzene rings is 4. The van der Waals surface area contributed by atoms with Gasteiger partial charge in [0.1, 0.15) is 5.75 Å². The Morgan fingerprint density at radius 1 is 0.923 bits per heavy atom. The van der Waals surface area contributed by atoms with E-state index in [1.807, 2.05) is 67.6 Å². The van der Waals surface area contributed by atoms with Crippen molar-refractivity contribution in [3.8, 4) is 28.3 Å². The standard InChI is InChI=1S/C31H28N6O2/c1-20-13-15-23(16-14-20)32-31(38)33-28-19-22(25-10-5-6-11-26(25)30-34-36-37-35-30)18-27-24(12-7-17-39-29(27)28)21-8-3-2-4-9-21/h2-6,8-11,13-16,18-19,24H,7,12,17H2,1H3,(H2,32,33,38)(H,34,35,36,37). The number of anilines is 2. The Balaban J connectivity index is 1.47. The van der Waals surface area contributed by atoms with Gasteiger partial charge in [-0.1, -0.05) is 72.3 Å². The van der Waals surface area contributed by atoms with E-state index in [-0.39, 0.29) is 11.9 Å². The molecular formula is C31H28N6O2.